The molecule has 1 amide bonds. The predicted octanol–water partition coefficient (Wildman–Crippen LogP) is 2.99. The van der Waals surface area contributed by atoms with Gasteiger partial charge in [0.15, 0.2) is 0 Å². The van der Waals surface area contributed by atoms with Gasteiger partial charge in [0.2, 0.25) is 5.91 Å². The topological polar surface area (TPSA) is 26.8 Å². The van der Waals surface area contributed by atoms with Gasteiger partial charge in [0.1, 0.15) is 0 Å². The van der Waals surface area contributed by atoms with Crippen LogP contribution in [0.2, 0.25) is 0 Å². The van der Waals surface area contributed by atoms with Crippen molar-refractivity contribution in [1.82, 2.24) is 14.7 Å². The number of piperazine rings is 1. The predicted molar refractivity (Wildman–Crippen MR) is 113 cm³/mol. The van der Waals surface area contributed by atoms with E-state index < -0.39 is 0 Å². The van der Waals surface area contributed by atoms with E-state index in [9.17, 15) is 4.79 Å². The molecule has 1 saturated heterocycles. The Balaban J connectivity index is 1.49. The summed E-state index contributed by atoms with van der Waals surface area (Å²) in [6, 6.07) is 19.7. The zero-order valence-electron chi connectivity index (χ0n) is 16.9. The second-order valence-corrected chi connectivity index (χ2v) is 7.94. The third-order valence-electron chi connectivity index (χ3n) is 6.31. The average molecular weight is 378 g/mol. The fourth-order valence-electron chi connectivity index (χ4n) is 4.56. The van der Waals surface area contributed by atoms with Crippen LogP contribution in [0.5, 0.6) is 0 Å². The monoisotopic (exact) mass is 377 g/mol. The Bertz CT molecular complexity index is 783. The molecule has 148 valence electrons. The minimum Gasteiger partial charge on any atom is -0.339 e. The van der Waals surface area contributed by atoms with Crippen LogP contribution in [0.4, 0.5) is 0 Å². The molecular weight excluding hydrogens is 346 g/mol. The van der Waals surface area contributed by atoms with E-state index in [-0.39, 0.29) is 11.9 Å². The fraction of sp³-hybridized carbons (Fsp3) is 0.458. The van der Waals surface area contributed by atoms with E-state index in [1.165, 1.54) is 16.7 Å². The first-order valence-corrected chi connectivity index (χ1v) is 10.6. The first kappa shape index (κ1) is 19.2. The van der Waals surface area contributed by atoms with Crippen LogP contribution in [-0.2, 0) is 17.6 Å². The molecule has 0 N–H and O–H groups in total. The smallest absolute Gasteiger partial charge is 0.236 e. The molecule has 2 heterocycles. The summed E-state index contributed by atoms with van der Waals surface area (Å²) in [5.41, 5.74) is 4.16. The Labute approximate surface area is 168 Å². The van der Waals surface area contributed by atoms with E-state index >= 15 is 0 Å². The van der Waals surface area contributed by atoms with Gasteiger partial charge < -0.3 is 9.80 Å². The highest BCUT2D eigenvalue weighted by atomic mass is 16.2. The number of hydrogen-bond acceptors (Lipinski definition) is 3. The molecule has 1 fully saturated rings. The first-order valence-electron chi connectivity index (χ1n) is 10.6. The Hall–Kier alpha value is -2.17. The van der Waals surface area contributed by atoms with Crippen molar-refractivity contribution >= 4 is 5.91 Å². The van der Waals surface area contributed by atoms with Crippen molar-refractivity contribution in [3.8, 4) is 0 Å². The molecule has 0 radical (unpaired) electrons. The van der Waals surface area contributed by atoms with E-state index in [1.54, 1.807) is 0 Å². The molecule has 0 bridgehead atoms. The van der Waals surface area contributed by atoms with Crippen molar-refractivity contribution < 1.29 is 4.79 Å². The van der Waals surface area contributed by atoms with Crippen LogP contribution in [-0.4, -0.2) is 66.4 Å². The van der Waals surface area contributed by atoms with Crippen molar-refractivity contribution in [2.45, 2.75) is 25.8 Å². The Morgan fingerprint density at radius 1 is 0.929 bits per heavy atom. The summed E-state index contributed by atoms with van der Waals surface area (Å²) in [4.78, 5) is 19.9. The Kier molecular flexibility index (Phi) is 6.08. The molecule has 1 atom stereocenters. The van der Waals surface area contributed by atoms with Gasteiger partial charge in [-0.3, -0.25) is 9.69 Å². The van der Waals surface area contributed by atoms with Crippen molar-refractivity contribution in [2.24, 2.45) is 0 Å². The number of carbonyl (C=O) groups excluding carboxylic acids is 1. The number of carbonyl (C=O) groups is 1. The molecule has 1 unspecified atom stereocenters. The molecule has 28 heavy (non-hydrogen) atoms. The summed E-state index contributed by atoms with van der Waals surface area (Å²) in [6.45, 7) is 8.46. The van der Waals surface area contributed by atoms with E-state index in [1.807, 2.05) is 0 Å². The Morgan fingerprint density at radius 2 is 1.64 bits per heavy atom. The highest BCUT2D eigenvalue weighted by molar-refractivity contribution is 5.78. The van der Waals surface area contributed by atoms with Crippen molar-refractivity contribution in [2.75, 3.05) is 45.8 Å². The lowest BCUT2D eigenvalue weighted by molar-refractivity contribution is -0.134. The summed E-state index contributed by atoms with van der Waals surface area (Å²) in [6.07, 6.45) is 1.98. The van der Waals surface area contributed by atoms with E-state index in [4.69, 9.17) is 0 Å². The maximum absolute atomic E-state index is 13.0. The van der Waals surface area contributed by atoms with E-state index in [0.29, 0.717) is 6.54 Å². The molecular formula is C24H31N3O. The number of nitrogens with zero attached hydrogens (tertiary/aromatic N) is 3. The second-order valence-electron chi connectivity index (χ2n) is 7.94. The molecule has 4 rings (SSSR count). The molecule has 4 nitrogen and oxygen atoms in total. The molecule has 0 aromatic heterocycles. The van der Waals surface area contributed by atoms with Gasteiger partial charge in [0.05, 0.1) is 6.54 Å². The molecule has 0 aliphatic carbocycles. The number of fused-ring (bicyclic) bond motifs is 1. The van der Waals surface area contributed by atoms with Crippen molar-refractivity contribution in [3.63, 3.8) is 0 Å². The van der Waals surface area contributed by atoms with Gasteiger partial charge in [0.25, 0.3) is 0 Å². The summed E-state index contributed by atoms with van der Waals surface area (Å²) in [5.74, 6) is 0.285. The van der Waals surface area contributed by atoms with Crippen molar-refractivity contribution in [1.29, 1.82) is 0 Å². The molecule has 2 aromatic rings. The van der Waals surface area contributed by atoms with Crippen LogP contribution in [0, 0.1) is 0 Å². The first-order chi connectivity index (χ1) is 13.7. The number of benzene rings is 2. The third-order valence-corrected chi connectivity index (χ3v) is 6.31. The minimum atomic E-state index is 0.272. The lowest BCUT2D eigenvalue weighted by Crippen LogP contribution is -2.52. The second kappa shape index (κ2) is 8.89. The van der Waals surface area contributed by atoms with E-state index in [2.05, 4.69) is 76.2 Å². The van der Waals surface area contributed by atoms with Gasteiger partial charge in [-0.1, -0.05) is 61.5 Å². The quantitative estimate of drug-likeness (QED) is 0.801. The fourth-order valence-corrected chi connectivity index (χ4v) is 4.56. The average Bonchev–Trinajstić information content (AvgIpc) is 2.76. The van der Waals surface area contributed by atoms with Crippen molar-refractivity contribution in [3.05, 3.63) is 71.3 Å². The number of likely N-dealkylation sites (N-methyl/N-ethyl adjacent to an activating group) is 1. The molecule has 0 spiro atoms. The minimum absolute atomic E-state index is 0.272. The van der Waals surface area contributed by atoms with Gasteiger partial charge in [-0.25, -0.2) is 0 Å². The van der Waals surface area contributed by atoms with Gasteiger partial charge in [0, 0.05) is 38.8 Å². The zero-order chi connectivity index (χ0) is 19.3. The van der Waals surface area contributed by atoms with Crippen LogP contribution < -0.4 is 0 Å². The van der Waals surface area contributed by atoms with Crippen LogP contribution >= 0.6 is 0 Å². The molecule has 2 aliphatic heterocycles. The van der Waals surface area contributed by atoms with Gasteiger partial charge in [-0.05, 0) is 36.1 Å². The highest BCUT2D eigenvalue weighted by Crippen LogP contribution is 2.32. The summed E-state index contributed by atoms with van der Waals surface area (Å²) in [7, 11) is 0. The number of rotatable bonds is 5. The maximum atomic E-state index is 13.0. The molecule has 0 saturated carbocycles. The normalized spacial score (nSPS) is 20.8. The van der Waals surface area contributed by atoms with Crippen LogP contribution in [0.3, 0.4) is 0 Å². The lowest BCUT2D eigenvalue weighted by Gasteiger charge is -2.39. The largest absolute Gasteiger partial charge is 0.339 e. The van der Waals surface area contributed by atoms with Gasteiger partial charge in [-0.2, -0.15) is 0 Å². The standard InChI is InChI=1S/C24H31N3O/c1-2-25-14-16-26(17-15-25)24(28)19-27-13-12-21-10-6-7-11-22(21)23(27)18-20-8-4-3-5-9-20/h3-11,23H,2,12-19H2,1H3. The summed E-state index contributed by atoms with van der Waals surface area (Å²) >= 11 is 0. The van der Waals surface area contributed by atoms with Crippen LogP contribution in [0.15, 0.2) is 54.6 Å². The van der Waals surface area contributed by atoms with Gasteiger partial charge in [-0.15, -0.1) is 0 Å². The summed E-state index contributed by atoms with van der Waals surface area (Å²) in [5, 5.41) is 0. The van der Waals surface area contributed by atoms with Crippen LogP contribution in [0.1, 0.15) is 29.7 Å². The number of amides is 1. The molecule has 2 aromatic carbocycles. The highest BCUT2D eigenvalue weighted by Gasteiger charge is 2.30. The molecule has 2 aliphatic rings. The Morgan fingerprint density at radius 3 is 2.39 bits per heavy atom. The SMILES string of the molecule is CCN1CCN(C(=O)CN2CCc3ccccc3C2Cc2ccccc2)CC1. The lowest BCUT2D eigenvalue weighted by atomic mass is 9.88. The van der Waals surface area contributed by atoms with Crippen LogP contribution in [0.25, 0.3) is 0 Å². The summed E-state index contributed by atoms with van der Waals surface area (Å²) < 4.78 is 0. The molecule has 4 heteroatoms. The number of hydrogen-bond donors (Lipinski definition) is 0. The van der Waals surface area contributed by atoms with Gasteiger partial charge >= 0.3 is 0 Å². The third kappa shape index (κ3) is 4.29. The van der Waals surface area contributed by atoms with E-state index in [0.717, 1.165) is 52.1 Å². The zero-order valence-corrected chi connectivity index (χ0v) is 16.9. The maximum Gasteiger partial charge on any atom is 0.236 e.